The summed E-state index contributed by atoms with van der Waals surface area (Å²) in [6.45, 7) is 9.63. The summed E-state index contributed by atoms with van der Waals surface area (Å²) in [6.07, 6.45) is 2.12. The molecule has 200 valence electrons. The third-order valence-electron chi connectivity index (χ3n) is 6.42. The molecule has 1 heterocycles. The Labute approximate surface area is 231 Å². The Hall–Kier alpha value is -3.19. The number of carbonyl (C=O) groups is 1. The lowest BCUT2D eigenvalue weighted by Gasteiger charge is -2.21. The quantitative estimate of drug-likeness (QED) is 0.243. The van der Waals surface area contributed by atoms with E-state index in [0.717, 1.165) is 39.0 Å². The maximum atomic E-state index is 11.7. The fourth-order valence-electron chi connectivity index (χ4n) is 4.66. The molecule has 0 fully saturated rings. The topological polar surface area (TPSA) is 85.2 Å². The minimum absolute atomic E-state index is 0.284. The number of rotatable bonds is 8. The SMILES string of the molecule is CC(C)c1cc(-c2cccc3cccnc23)cc(C(C)C)c1CC(N)=O.CN(C)Cc1ccc(SN)cc1. The van der Waals surface area contributed by atoms with E-state index >= 15 is 0 Å². The summed E-state index contributed by atoms with van der Waals surface area (Å²) in [7, 11) is 4.12. The zero-order valence-electron chi connectivity index (χ0n) is 23.4. The standard InChI is InChI=1S/C23H26N2O.C9H14N2S/c1-14(2)19-11-17(12-20(15(3)4)21(19)13-22(24)26)18-9-5-7-16-8-6-10-25-23(16)18;1-11(2)7-8-3-5-9(12-10)6-4-8/h5-12,14-15H,13H2,1-4H3,(H2,24,26);3-6H,7,10H2,1-2H3. The Morgan fingerprint density at radius 1 is 0.921 bits per heavy atom. The van der Waals surface area contributed by atoms with Crippen molar-refractivity contribution >= 4 is 28.8 Å². The van der Waals surface area contributed by atoms with Gasteiger partial charge in [0.15, 0.2) is 0 Å². The van der Waals surface area contributed by atoms with E-state index in [0.29, 0.717) is 11.8 Å². The van der Waals surface area contributed by atoms with Crippen LogP contribution in [0.3, 0.4) is 0 Å². The molecule has 4 rings (SSSR count). The Morgan fingerprint density at radius 3 is 2.05 bits per heavy atom. The van der Waals surface area contributed by atoms with Gasteiger partial charge in [-0.05, 0) is 83.9 Å². The Kier molecular flexibility index (Phi) is 10.5. The molecular weight excluding hydrogens is 488 g/mol. The third kappa shape index (κ3) is 7.67. The van der Waals surface area contributed by atoms with Crippen molar-refractivity contribution < 1.29 is 4.79 Å². The second-order valence-electron chi connectivity index (χ2n) is 10.5. The molecule has 0 spiro atoms. The maximum absolute atomic E-state index is 11.7. The number of hydrogen-bond donors (Lipinski definition) is 2. The van der Waals surface area contributed by atoms with Crippen LogP contribution in [-0.4, -0.2) is 29.9 Å². The highest BCUT2D eigenvalue weighted by Crippen LogP contribution is 2.36. The highest BCUT2D eigenvalue weighted by atomic mass is 32.2. The van der Waals surface area contributed by atoms with E-state index in [4.69, 9.17) is 10.9 Å². The minimum Gasteiger partial charge on any atom is -0.369 e. The summed E-state index contributed by atoms with van der Waals surface area (Å²) in [4.78, 5) is 19.5. The summed E-state index contributed by atoms with van der Waals surface area (Å²) in [5.74, 6) is 0.336. The first kappa shape index (κ1) is 29.4. The molecule has 0 aliphatic carbocycles. The third-order valence-corrected chi connectivity index (χ3v) is 6.96. The van der Waals surface area contributed by atoms with Crippen LogP contribution in [0.1, 0.15) is 61.8 Å². The largest absolute Gasteiger partial charge is 0.369 e. The van der Waals surface area contributed by atoms with E-state index in [1.807, 2.05) is 24.4 Å². The molecule has 0 atom stereocenters. The van der Waals surface area contributed by atoms with Gasteiger partial charge in [0.2, 0.25) is 5.91 Å². The molecular formula is C32H40N4OS. The van der Waals surface area contributed by atoms with Crippen LogP contribution in [0.5, 0.6) is 0 Å². The van der Waals surface area contributed by atoms with E-state index in [1.54, 1.807) is 0 Å². The van der Waals surface area contributed by atoms with Crippen molar-refractivity contribution in [3.05, 3.63) is 95.2 Å². The monoisotopic (exact) mass is 528 g/mol. The number of carbonyl (C=O) groups excluding carboxylic acids is 1. The number of primary amides is 1. The first-order valence-corrected chi connectivity index (χ1v) is 13.9. The normalized spacial score (nSPS) is 11.2. The average Bonchev–Trinajstić information content (AvgIpc) is 2.88. The average molecular weight is 529 g/mol. The molecule has 0 bridgehead atoms. The molecule has 4 N–H and O–H groups in total. The molecule has 1 aromatic heterocycles. The summed E-state index contributed by atoms with van der Waals surface area (Å²) in [6, 6.07) is 23.0. The van der Waals surface area contributed by atoms with Gasteiger partial charge in [-0.1, -0.05) is 76.2 Å². The van der Waals surface area contributed by atoms with Crippen molar-refractivity contribution in [1.29, 1.82) is 0 Å². The number of pyridine rings is 1. The van der Waals surface area contributed by atoms with Crippen LogP contribution in [-0.2, 0) is 17.8 Å². The second kappa shape index (κ2) is 13.6. The second-order valence-corrected chi connectivity index (χ2v) is 11.2. The van der Waals surface area contributed by atoms with Crippen LogP contribution in [0.15, 0.2) is 77.8 Å². The molecule has 4 aromatic rings. The number of hydrogen-bond acceptors (Lipinski definition) is 5. The maximum Gasteiger partial charge on any atom is 0.221 e. The summed E-state index contributed by atoms with van der Waals surface area (Å²) in [5, 5.41) is 6.54. The Balaban J connectivity index is 0.000000279. The summed E-state index contributed by atoms with van der Waals surface area (Å²) >= 11 is 1.28. The molecule has 0 radical (unpaired) electrons. The van der Waals surface area contributed by atoms with Gasteiger partial charge in [-0.15, -0.1) is 0 Å². The predicted molar refractivity (Wildman–Crippen MR) is 162 cm³/mol. The van der Waals surface area contributed by atoms with Crippen LogP contribution in [0.2, 0.25) is 0 Å². The van der Waals surface area contributed by atoms with Crippen LogP contribution >= 0.6 is 11.9 Å². The Bertz CT molecular complexity index is 1330. The van der Waals surface area contributed by atoms with Gasteiger partial charge in [0.05, 0.1) is 11.9 Å². The highest BCUT2D eigenvalue weighted by Gasteiger charge is 2.19. The van der Waals surface area contributed by atoms with Gasteiger partial charge in [0.25, 0.3) is 0 Å². The van der Waals surface area contributed by atoms with E-state index in [9.17, 15) is 4.79 Å². The number of fused-ring (bicyclic) bond motifs is 1. The molecule has 1 amide bonds. The van der Waals surface area contributed by atoms with Crippen LogP contribution in [0.25, 0.3) is 22.0 Å². The van der Waals surface area contributed by atoms with Gasteiger partial charge in [0.1, 0.15) is 0 Å². The molecule has 0 saturated carbocycles. The van der Waals surface area contributed by atoms with Crippen molar-refractivity contribution in [2.24, 2.45) is 10.9 Å². The van der Waals surface area contributed by atoms with Crippen molar-refractivity contribution in [2.75, 3.05) is 14.1 Å². The molecule has 5 nitrogen and oxygen atoms in total. The van der Waals surface area contributed by atoms with Crippen LogP contribution < -0.4 is 10.9 Å². The first-order valence-electron chi connectivity index (χ1n) is 13.0. The molecule has 6 heteroatoms. The van der Waals surface area contributed by atoms with Gasteiger partial charge in [-0.3, -0.25) is 14.9 Å². The lowest BCUT2D eigenvalue weighted by molar-refractivity contribution is -0.117. The number of nitrogens with two attached hydrogens (primary N) is 2. The van der Waals surface area contributed by atoms with Gasteiger partial charge in [-0.2, -0.15) is 0 Å². The lowest BCUT2D eigenvalue weighted by Crippen LogP contribution is -2.17. The zero-order valence-corrected chi connectivity index (χ0v) is 24.2. The number of benzene rings is 3. The molecule has 3 aromatic carbocycles. The van der Waals surface area contributed by atoms with E-state index < -0.39 is 0 Å². The van der Waals surface area contributed by atoms with Crippen molar-refractivity contribution in [3.63, 3.8) is 0 Å². The van der Waals surface area contributed by atoms with Gasteiger partial charge in [-0.25, -0.2) is 0 Å². The molecule has 0 aliphatic heterocycles. The lowest BCUT2D eigenvalue weighted by atomic mass is 9.83. The van der Waals surface area contributed by atoms with Gasteiger partial charge in [0, 0.05) is 28.6 Å². The van der Waals surface area contributed by atoms with Crippen LogP contribution in [0, 0.1) is 0 Å². The van der Waals surface area contributed by atoms with Crippen molar-refractivity contribution in [2.45, 2.75) is 57.4 Å². The molecule has 38 heavy (non-hydrogen) atoms. The smallest absolute Gasteiger partial charge is 0.221 e. The number of para-hydroxylation sites is 1. The Morgan fingerprint density at radius 2 is 1.53 bits per heavy atom. The summed E-state index contributed by atoms with van der Waals surface area (Å²) in [5.41, 5.74) is 13.6. The first-order chi connectivity index (χ1) is 18.1. The van der Waals surface area contributed by atoms with E-state index in [-0.39, 0.29) is 12.3 Å². The molecule has 0 unspecified atom stereocenters. The van der Waals surface area contributed by atoms with E-state index in [1.165, 1.54) is 28.6 Å². The fraction of sp³-hybridized carbons (Fsp3) is 0.312. The minimum atomic E-state index is -0.284. The number of aromatic nitrogens is 1. The van der Waals surface area contributed by atoms with Crippen LogP contribution in [0.4, 0.5) is 0 Å². The van der Waals surface area contributed by atoms with Crippen molar-refractivity contribution in [1.82, 2.24) is 9.88 Å². The molecule has 0 aliphatic rings. The van der Waals surface area contributed by atoms with Gasteiger partial charge >= 0.3 is 0 Å². The highest BCUT2D eigenvalue weighted by molar-refractivity contribution is 7.97. The number of nitrogens with zero attached hydrogens (tertiary/aromatic N) is 2. The zero-order chi connectivity index (χ0) is 27.8. The predicted octanol–water partition coefficient (Wildman–Crippen LogP) is 6.89. The van der Waals surface area contributed by atoms with Gasteiger partial charge < -0.3 is 10.6 Å². The number of amides is 1. The van der Waals surface area contributed by atoms with E-state index in [2.05, 4.69) is 100 Å². The van der Waals surface area contributed by atoms with Crippen molar-refractivity contribution in [3.8, 4) is 11.1 Å². The fourth-order valence-corrected chi connectivity index (χ4v) is 4.95. The molecule has 0 saturated heterocycles. The summed E-state index contributed by atoms with van der Waals surface area (Å²) < 4.78 is 0.